The summed E-state index contributed by atoms with van der Waals surface area (Å²) in [5.74, 6) is -0.782. The summed E-state index contributed by atoms with van der Waals surface area (Å²) in [6, 6.07) is 8.38. The van der Waals surface area contributed by atoms with Gasteiger partial charge in [-0.2, -0.15) is 0 Å². The molecular formula is C18H16O2. The lowest BCUT2D eigenvalue weighted by atomic mass is 9.89. The fraction of sp³-hybridized carbons (Fsp3) is 0.167. The summed E-state index contributed by atoms with van der Waals surface area (Å²) in [4.78, 5) is 10.8. The maximum Gasteiger partial charge on any atom is 0.307 e. The Balaban J connectivity index is 2.00. The van der Waals surface area contributed by atoms with Crippen molar-refractivity contribution in [3.05, 3.63) is 76.4 Å². The Kier molecular flexibility index (Phi) is 3.38. The van der Waals surface area contributed by atoms with E-state index in [2.05, 4.69) is 42.5 Å². The van der Waals surface area contributed by atoms with Crippen LogP contribution in [0.4, 0.5) is 0 Å². The smallest absolute Gasteiger partial charge is 0.307 e. The largest absolute Gasteiger partial charge is 0.481 e. The molecule has 1 aromatic rings. The van der Waals surface area contributed by atoms with Gasteiger partial charge in [0.1, 0.15) is 0 Å². The van der Waals surface area contributed by atoms with E-state index in [-0.39, 0.29) is 6.42 Å². The number of fused-ring (bicyclic) bond motifs is 1. The molecule has 0 saturated heterocycles. The molecule has 0 heterocycles. The third-order valence-corrected chi connectivity index (χ3v) is 3.74. The van der Waals surface area contributed by atoms with Gasteiger partial charge in [-0.05, 0) is 40.7 Å². The van der Waals surface area contributed by atoms with Crippen molar-refractivity contribution in [2.24, 2.45) is 0 Å². The van der Waals surface area contributed by atoms with Gasteiger partial charge in [-0.25, -0.2) is 0 Å². The highest BCUT2D eigenvalue weighted by Crippen LogP contribution is 2.32. The number of hydrogen-bond acceptors (Lipinski definition) is 1. The first kappa shape index (κ1) is 12.7. The lowest BCUT2D eigenvalue weighted by Crippen LogP contribution is -2.00. The Morgan fingerprint density at radius 3 is 2.90 bits per heavy atom. The van der Waals surface area contributed by atoms with Crippen molar-refractivity contribution in [1.82, 2.24) is 0 Å². The Morgan fingerprint density at radius 2 is 2.05 bits per heavy atom. The second-order valence-corrected chi connectivity index (χ2v) is 5.08. The van der Waals surface area contributed by atoms with Crippen LogP contribution in [0.3, 0.4) is 0 Å². The van der Waals surface area contributed by atoms with Crippen LogP contribution in [-0.2, 0) is 11.2 Å². The Bertz CT molecular complexity index is 672. The van der Waals surface area contributed by atoms with Crippen molar-refractivity contribution < 1.29 is 9.90 Å². The first-order valence-electron chi connectivity index (χ1n) is 6.81. The number of carbonyl (C=O) groups is 1. The van der Waals surface area contributed by atoms with E-state index in [0.717, 1.165) is 18.4 Å². The van der Waals surface area contributed by atoms with E-state index in [0.29, 0.717) is 0 Å². The average Bonchev–Trinajstić information content (AvgIpc) is 2.64. The van der Waals surface area contributed by atoms with Crippen LogP contribution < -0.4 is 0 Å². The highest BCUT2D eigenvalue weighted by molar-refractivity contribution is 5.71. The molecule has 0 aromatic heterocycles. The summed E-state index contributed by atoms with van der Waals surface area (Å²) >= 11 is 0. The first-order chi connectivity index (χ1) is 9.74. The zero-order chi connectivity index (χ0) is 13.9. The first-order valence-corrected chi connectivity index (χ1v) is 6.81. The van der Waals surface area contributed by atoms with Crippen molar-refractivity contribution in [3.63, 3.8) is 0 Å². The normalized spacial score (nSPS) is 18.7. The molecule has 0 bridgehead atoms. The zero-order valence-corrected chi connectivity index (χ0v) is 11.2. The van der Waals surface area contributed by atoms with Gasteiger partial charge in [0.2, 0.25) is 0 Å². The molecule has 1 N–H and O–H groups in total. The van der Waals surface area contributed by atoms with Crippen LogP contribution >= 0.6 is 0 Å². The van der Waals surface area contributed by atoms with Crippen LogP contribution in [-0.4, -0.2) is 11.1 Å². The van der Waals surface area contributed by atoms with Crippen LogP contribution in [0.15, 0.2) is 65.3 Å². The number of carboxylic acid groups (broad SMARTS) is 1. The third kappa shape index (κ3) is 2.50. The van der Waals surface area contributed by atoms with Crippen LogP contribution in [0.2, 0.25) is 0 Å². The van der Waals surface area contributed by atoms with E-state index in [1.54, 1.807) is 0 Å². The van der Waals surface area contributed by atoms with Gasteiger partial charge in [0.25, 0.3) is 0 Å². The maximum atomic E-state index is 10.8. The summed E-state index contributed by atoms with van der Waals surface area (Å²) in [6.45, 7) is 0. The highest BCUT2D eigenvalue weighted by Gasteiger charge is 2.15. The van der Waals surface area contributed by atoms with E-state index >= 15 is 0 Å². The van der Waals surface area contributed by atoms with Crippen molar-refractivity contribution in [1.29, 1.82) is 0 Å². The van der Waals surface area contributed by atoms with E-state index in [4.69, 9.17) is 5.11 Å². The SMILES string of the molecule is O=C(O)CC=C1CC=CC2=C1C=Cc1ccccc1C2. The number of carboxylic acids is 1. The van der Waals surface area contributed by atoms with E-state index < -0.39 is 5.97 Å². The minimum atomic E-state index is -0.782. The summed E-state index contributed by atoms with van der Waals surface area (Å²) in [7, 11) is 0. The van der Waals surface area contributed by atoms with E-state index in [1.165, 1.54) is 22.3 Å². The Labute approximate surface area is 118 Å². The molecule has 100 valence electrons. The molecule has 0 amide bonds. The molecule has 0 spiro atoms. The summed E-state index contributed by atoms with van der Waals surface area (Å²) in [5.41, 5.74) is 6.14. The minimum Gasteiger partial charge on any atom is -0.481 e. The Morgan fingerprint density at radius 1 is 1.20 bits per heavy atom. The number of hydrogen-bond donors (Lipinski definition) is 1. The molecule has 0 saturated carbocycles. The average molecular weight is 264 g/mol. The van der Waals surface area contributed by atoms with Gasteiger partial charge >= 0.3 is 5.97 Å². The van der Waals surface area contributed by atoms with Crippen LogP contribution in [0.5, 0.6) is 0 Å². The molecule has 20 heavy (non-hydrogen) atoms. The lowest BCUT2D eigenvalue weighted by Gasteiger charge is -2.15. The standard InChI is InChI=1S/C18H16O2/c19-18(20)11-9-14-6-3-7-16-12-15-5-2-1-4-13(15)8-10-17(14)16/h1-5,7-10H,6,11-12H2,(H,19,20). The minimum absolute atomic E-state index is 0.0841. The van der Waals surface area contributed by atoms with Crippen LogP contribution in [0.25, 0.3) is 6.08 Å². The number of aliphatic carboxylic acids is 1. The number of rotatable bonds is 2. The summed E-state index contributed by atoms with van der Waals surface area (Å²) in [5, 5.41) is 8.84. The molecule has 2 aliphatic carbocycles. The van der Waals surface area contributed by atoms with Crippen molar-refractivity contribution >= 4 is 12.0 Å². The van der Waals surface area contributed by atoms with Crippen LogP contribution in [0.1, 0.15) is 24.0 Å². The second kappa shape index (κ2) is 5.33. The Hall–Kier alpha value is -2.35. The fourth-order valence-electron chi connectivity index (χ4n) is 2.74. The second-order valence-electron chi connectivity index (χ2n) is 5.08. The molecule has 0 unspecified atom stereocenters. The van der Waals surface area contributed by atoms with Gasteiger partial charge in [0.15, 0.2) is 0 Å². The van der Waals surface area contributed by atoms with E-state index in [1.807, 2.05) is 12.1 Å². The highest BCUT2D eigenvalue weighted by atomic mass is 16.4. The lowest BCUT2D eigenvalue weighted by molar-refractivity contribution is -0.136. The molecule has 1 aromatic carbocycles. The molecule has 2 nitrogen and oxygen atoms in total. The number of benzene rings is 1. The monoisotopic (exact) mass is 264 g/mol. The van der Waals surface area contributed by atoms with Gasteiger partial charge in [-0.3, -0.25) is 4.79 Å². The van der Waals surface area contributed by atoms with Crippen LogP contribution in [0, 0.1) is 0 Å². The zero-order valence-electron chi connectivity index (χ0n) is 11.2. The summed E-state index contributed by atoms with van der Waals surface area (Å²) < 4.78 is 0. The van der Waals surface area contributed by atoms with Crippen molar-refractivity contribution in [3.8, 4) is 0 Å². The van der Waals surface area contributed by atoms with Gasteiger partial charge in [0, 0.05) is 0 Å². The molecular weight excluding hydrogens is 248 g/mol. The predicted octanol–water partition coefficient (Wildman–Crippen LogP) is 3.91. The van der Waals surface area contributed by atoms with E-state index in [9.17, 15) is 4.79 Å². The molecule has 3 rings (SSSR count). The molecule has 0 fully saturated rings. The van der Waals surface area contributed by atoms with Crippen molar-refractivity contribution in [2.75, 3.05) is 0 Å². The molecule has 0 aliphatic heterocycles. The number of allylic oxidation sites excluding steroid dienone is 6. The van der Waals surface area contributed by atoms with Crippen molar-refractivity contribution in [2.45, 2.75) is 19.3 Å². The van der Waals surface area contributed by atoms with Gasteiger partial charge in [-0.15, -0.1) is 0 Å². The van der Waals surface area contributed by atoms with Gasteiger partial charge < -0.3 is 5.11 Å². The topological polar surface area (TPSA) is 37.3 Å². The molecule has 0 radical (unpaired) electrons. The van der Waals surface area contributed by atoms with Gasteiger partial charge in [0.05, 0.1) is 6.42 Å². The molecule has 2 aliphatic rings. The third-order valence-electron chi connectivity index (χ3n) is 3.74. The summed E-state index contributed by atoms with van der Waals surface area (Å²) in [6.07, 6.45) is 12.2. The maximum absolute atomic E-state index is 10.8. The fourth-order valence-corrected chi connectivity index (χ4v) is 2.74. The predicted molar refractivity (Wildman–Crippen MR) is 80.3 cm³/mol. The molecule has 0 atom stereocenters. The molecule has 2 heteroatoms. The quantitative estimate of drug-likeness (QED) is 0.879. The van der Waals surface area contributed by atoms with Gasteiger partial charge in [-0.1, -0.05) is 54.6 Å².